The van der Waals surface area contributed by atoms with Gasteiger partial charge in [0.1, 0.15) is 18.4 Å². The minimum atomic E-state index is -0.286. The van der Waals surface area contributed by atoms with Gasteiger partial charge in [-0.1, -0.05) is 0 Å². The van der Waals surface area contributed by atoms with E-state index in [0.29, 0.717) is 5.76 Å². The molecule has 7 heteroatoms. The third-order valence-corrected chi connectivity index (χ3v) is 2.29. The minimum absolute atomic E-state index is 0.132. The van der Waals surface area contributed by atoms with Crippen LogP contribution in [0.2, 0.25) is 0 Å². The second kappa shape index (κ2) is 4.28. The van der Waals surface area contributed by atoms with Gasteiger partial charge in [-0.3, -0.25) is 9.36 Å². The Morgan fingerprint density at radius 2 is 2.24 bits per heavy atom. The van der Waals surface area contributed by atoms with Crippen molar-refractivity contribution in [3.63, 3.8) is 0 Å². The number of aryl methyl sites for hydroxylation is 1. The van der Waals surface area contributed by atoms with Gasteiger partial charge in [-0.25, -0.2) is 9.48 Å². The smallest absolute Gasteiger partial charge is 0.345 e. The molecular formula is C10H11N3O4. The van der Waals surface area contributed by atoms with Crippen LogP contribution in [0.15, 0.2) is 32.7 Å². The van der Waals surface area contributed by atoms with E-state index in [1.165, 1.54) is 35.0 Å². The molecular weight excluding hydrogens is 226 g/mol. The number of nitrogens with zero attached hydrogens (tertiary/aromatic N) is 3. The van der Waals surface area contributed by atoms with Crippen molar-refractivity contribution in [3.8, 4) is 5.75 Å². The van der Waals surface area contributed by atoms with Crippen LogP contribution >= 0.6 is 0 Å². The number of aromatic nitrogens is 3. The van der Waals surface area contributed by atoms with Crippen LogP contribution in [-0.4, -0.2) is 21.5 Å². The molecule has 0 saturated heterocycles. The summed E-state index contributed by atoms with van der Waals surface area (Å²) in [6.45, 7) is 0.159. The molecule has 0 N–H and O–H groups in total. The average Bonchev–Trinajstić information content (AvgIpc) is 2.61. The van der Waals surface area contributed by atoms with E-state index in [1.807, 2.05) is 0 Å². The fourth-order valence-electron chi connectivity index (χ4n) is 1.37. The molecule has 17 heavy (non-hydrogen) atoms. The molecule has 7 nitrogen and oxygen atoms in total. The van der Waals surface area contributed by atoms with Gasteiger partial charge in [0.05, 0.1) is 13.7 Å². The van der Waals surface area contributed by atoms with Gasteiger partial charge in [-0.15, -0.1) is 0 Å². The SMILES string of the molecule is COc1coc(Cn2cnn(C)c2=O)cc1=O. The normalized spacial score (nSPS) is 10.5. The van der Waals surface area contributed by atoms with E-state index in [0.717, 1.165) is 0 Å². The zero-order valence-corrected chi connectivity index (χ0v) is 9.41. The van der Waals surface area contributed by atoms with Crippen molar-refractivity contribution >= 4 is 0 Å². The number of ether oxygens (including phenoxy) is 1. The Balaban J connectivity index is 2.31. The summed E-state index contributed by atoms with van der Waals surface area (Å²) >= 11 is 0. The van der Waals surface area contributed by atoms with Crippen LogP contribution in [0.25, 0.3) is 0 Å². The summed E-state index contributed by atoms with van der Waals surface area (Å²) in [5.41, 5.74) is -0.561. The number of hydrogen-bond donors (Lipinski definition) is 0. The summed E-state index contributed by atoms with van der Waals surface area (Å²) in [6, 6.07) is 1.29. The topological polar surface area (TPSA) is 79.3 Å². The number of rotatable bonds is 3. The first kappa shape index (κ1) is 11.2. The van der Waals surface area contributed by atoms with E-state index >= 15 is 0 Å². The molecule has 90 valence electrons. The summed E-state index contributed by atoms with van der Waals surface area (Å²) in [5, 5.41) is 3.79. The standard InChI is InChI=1S/C10H11N3O4/c1-12-10(15)13(6-11-12)4-7-3-8(14)9(16-2)5-17-7/h3,5-6H,4H2,1-2H3. The molecule has 0 atom stereocenters. The van der Waals surface area contributed by atoms with Gasteiger partial charge in [0.15, 0.2) is 0 Å². The molecule has 0 bridgehead atoms. The summed E-state index contributed by atoms with van der Waals surface area (Å²) in [7, 11) is 2.93. The summed E-state index contributed by atoms with van der Waals surface area (Å²) < 4.78 is 12.5. The van der Waals surface area contributed by atoms with Crippen LogP contribution in [0.4, 0.5) is 0 Å². The molecule has 0 amide bonds. The quantitative estimate of drug-likeness (QED) is 0.725. The first-order chi connectivity index (χ1) is 8.11. The molecule has 0 fully saturated rings. The van der Waals surface area contributed by atoms with Crippen LogP contribution < -0.4 is 15.9 Å². The molecule has 2 rings (SSSR count). The molecule has 0 aromatic carbocycles. The average molecular weight is 237 g/mol. The maximum atomic E-state index is 11.5. The Morgan fingerprint density at radius 3 is 2.76 bits per heavy atom. The van der Waals surface area contributed by atoms with Crippen molar-refractivity contribution in [2.24, 2.45) is 7.05 Å². The van der Waals surface area contributed by atoms with E-state index in [-0.39, 0.29) is 23.4 Å². The molecule has 2 aromatic rings. The van der Waals surface area contributed by atoms with E-state index < -0.39 is 0 Å². The van der Waals surface area contributed by atoms with Crippen LogP contribution in [0.1, 0.15) is 5.76 Å². The Bertz CT molecular complexity index is 637. The largest absolute Gasteiger partial charge is 0.490 e. The minimum Gasteiger partial charge on any atom is -0.490 e. The maximum Gasteiger partial charge on any atom is 0.345 e. The molecule has 0 aliphatic rings. The lowest BCUT2D eigenvalue weighted by atomic mass is 10.3. The van der Waals surface area contributed by atoms with Crippen LogP contribution in [0.5, 0.6) is 5.75 Å². The van der Waals surface area contributed by atoms with Crippen LogP contribution in [-0.2, 0) is 13.6 Å². The van der Waals surface area contributed by atoms with Crippen LogP contribution in [0.3, 0.4) is 0 Å². The van der Waals surface area contributed by atoms with Gasteiger partial charge in [0, 0.05) is 13.1 Å². The van der Waals surface area contributed by atoms with E-state index in [1.54, 1.807) is 7.05 Å². The van der Waals surface area contributed by atoms with Gasteiger partial charge < -0.3 is 9.15 Å². The van der Waals surface area contributed by atoms with Crippen molar-refractivity contribution < 1.29 is 9.15 Å². The summed E-state index contributed by atoms with van der Waals surface area (Å²) in [5.74, 6) is 0.498. The fraction of sp³-hybridized carbons (Fsp3) is 0.300. The van der Waals surface area contributed by atoms with Gasteiger partial charge in [0.2, 0.25) is 11.2 Å². The highest BCUT2D eigenvalue weighted by molar-refractivity contribution is 5.17. The predicted octanol–water partition coefficient (Wildman–Crippen LogP) is -0.408. The Hall–Kier alpha value is -2.31. The lowest BCUT2D eigenvalue weighted by molar-refractivity contribution is 0.375. The summed E-state index contributed by atoms with van der Waals surface area (Å²) in [4.78, 5) is 23.0. The van der Waals surface area contributed by atoms with Gasteiger partial charge in [0.25, 0.3) is 0 Å². The second-order valence-electron chi connectivity index (χ2n) is 3.44. The van der Waals surface area contributed by atoms with Crippen molar-refractivity contribution in [3.05, 3.63) is 45.1 Å². The number of hydrogen-bond acceptors (Lipinski definition) is 5. The molecule has 0 spiro atoms. The third-order valence-electron chi connectivity index (χ3n) is 2.29. The summed E-state index contributed by atoms with van der Waals surface area (Å²) in [6.07, 6.45) is 2.60. The lowest BCUT2D eigenvalue weighted by Gasteiger charge is -2.01. The Kier molecular flexibility index (Phi) is 2.82. The first-order valence-electron chi connectivity index (χ1n) is 4.86. The molecule has 0 aliphatic heterocycles. The Morgan fingerprint density at radius 1 is 1.47 bits per heavy atom. The molecule has 0 unspecified atom stereocenters. The third kappa shape index (κ3) is 2.12. The zero-order valence-electron chi connectivity index (χ0n) is 9.41. The maximum absolute atomic E-state index is 11.5. The van der Waals surface area contributed by atoms with Crippen molar-refractivity contribution in [2.45, 2.75) is 6.54 Å². The van der Waals surface area contributed by atoms with E-state index in [4.69, 9.17) is 9.15 Å². The molecule has 2 aromatic heterocycles. The second-order valence-corrected chi connectivity index (χ2v) is 3.44. The monoisotopic (exact) mass is 237 g/mol. The van der Waals surface area contributed by atoms with Crippen molar-refractivity contribution in [1.82, 2.24) is 14.3 Å². The molecule has 0 aliphatic carbocycles. The zero-order chi connectivity index (χ0) is 12.4. The van der Waals surface area contributed by atoms with Crippen molar-refractivity contribution in [2.75, 3.05) is 7.11 Å². The van der Waals surface area contributed by atoms with Gasteiger partial charge in [-0.2, -0.15) is 5.10 Å². The van der Waals surface area contributed by atoms with Crippen LogP contribution in [0, 0.1) is 0 Å². The predicted molar refractivity (Wildman–Crippen MR) is 58.1 cm³/mol. The van der Waals surface area contributed by atoms with Gasteiger partial charge in [-0.05, 0) is 0 Å². The first-order valence-corrected chi connectivity index (χ1v) is 4.86. The fourth-order valence-corrected chi connectivity index (χ4v) is 1.37. The van der Waals surface area contributed by atoms with E-state index in [2.05, 4.69) is 5.10 Å². The number of methoxy groups -OCH3 is 1. The molecule has 0 saturated carbocycles. The van der Waals surface area contributed by atoms with Gasteiger partial charge >= 0.3 is 5.69 Å². The highest BCUT2D eigenvalue weighted by Crippen LogP contribution is 2.05. The Labute approximate surface area is 95.9 Å². The molecule has 2 heterocycles. The molecule has 0 radical (unpaired) electrons. The highest BCUT2D eigenvalue weighted by atomic mass is 16.5. The van der Waals surface area contributed by atoms with E-state index in [9.17, 15) is 9.59 Å². The highest BCUT2D eigenvalue weighted by Gasteiger charge is 2.06. The lowest BCUT2D eigenvalue weighted by Crippen LogP contribution is -2.23. The van der Waals surface area contributed by atoms with Crippen molar-refractivity contribution in [1.29, 1.82) is 0 Å².